The number of aliphatic imine (C=N–C) groups is 1. The number of nitrogens with one attached hydrogen (secondary N) is 1. The summed E-state index contributed by atoms with van der Waals surface area (Å²) in [5.41, 5.74) is 6.39. The quantitative estimate of drug-likeness (QED) is 0.706. The molecule has 0 bridgehead atoms. The van der Waals surface area contributed by atoms with Gasteiger partial charge in [-0.15, -0.1) is 0 Å². The Hall–Kier alpha value is -2.72. The number of pyridine rings is 1. The number of nitrogens with zero attached hydrogens (tertiary/aromatic N) is 3. The van der Waals surface area contributed by atoms with Gasteiger partial charge < -0.3 is 11.1 Å². The van der Waals surface area contributed by atoms with Gasteiger partial charge in [-0.2, -0.15) is 0 Å². The minimum absolute atomic E-state index is 0.0805. The van der Waals surface area contributed by atoms with Crippen LogP contribution in [0.25, 0.3) is 0 Å². The van der Waals surface area contributed by atoms with Crippen molar-refractivity contribution >= 4 is 39.2 Å². The van der Waals surface area contributed by atoms with Crippen molar-refractivity contribution < 1.29 is 17.6 Å². The van der Waals surface area contributed by atoms with E-state index in [2.05, 4.69) is 15.3 Å². The Morgan fingerprint density at radius 2 is 2.13 bits per heavy atom. The lowest BCUT2D eigenvalue weighted by Gasteiger charge is -2.41. The molecular formula is C20H21ClFN5O3S. The van der Waals surface area contributed by atoms with Gasteiger partial charge in [0.15, 0.2) is 11.5 Å². The van der Waals surface area contributed by atoms with Crippen molar-refractivity contribution in [1.29, 1.82) is 0 Å². The Kier molecular flexibility index (Phi) is 5.17. The summed E-state index contributed by atoms with van der Waals surface area (Å²) in [6, 6.07) is 6.19. The number of benzene rings is 1. The number of carbonyl (C=O) groups is 1. The Balaban J connectivity index is 1.76. The van der Waals surface area contributed by atoms with Gasteiger partial charge in [0.25, 0.3) is 5.91 Å². The molecule has 3 N–H and O–H groups in total. The molecule has 31 heavy (non-hydrogen) atoms. The summed E-state index contributed by atoms with van der Waals surface area (Å²) in [6.45, 7) is 1.74. The maximum Gasteiger partial charge on any atom is 0.277 e. The highest BCUT2D eigenvalue weighted by Gasteiger charge is 2.51. The monoisotopic (exact) mass is 465 g/mol. The highest BCUT2D eigenvalue weighted by atomic mass is 35.5. The number of guanidine groups is 1. The lowest BCUT2D eigenvalue weighted by molar-refractivity contribution is 0.101. The minimum Gasteiger partial charge on any atom is -0.369 e. The van der Waals surface area contributed by atoms with Gasteiger partial charge in [-0.1, -0.05) is 17.7 Å². The fourth-order valence-electron chi connectivity index (χ4n) is 4.25. The van der Waals surface area contributed by atoms with E-state index in [1.807, 2.05) is 6.07 Å². The summed E-state index contributed by atoms with van der Waals surface area (Å²) < 4.78 is 41.2. The third-order valence-corrected chi connectivity index (χ3v) is 8.46. The Labute approximate surface area is 184 Å². The summed E-state index contributed by atoms with van der Waals surface area (Å²) in [4.78, 5) is 20.8. The molecule has 2 atom stereocenters. The highest BCUT2D eigenvalue weighted by molar-refractivity contribution is 7.90. The number of nitrogens with two attached hydrogens (primary N) is 1. The summed E-state index contributed by atoms with van der Waals surface area (Å²) in [7, 11) is -2.31. The standard InChI is InChI=1S/C20H21ClFN5O3S/c1-20-14-9-13(25-18(28)17-15(22)8-12(21)10-24-17)7-6-11(14)4-3-5-16(20)31(29,30)27(2)19(23)26-20/h6-10,16H,3-5H2,1-2H3,(H2,23,26)(H,25,28)/t16-,20+/m0/s1. The molecule has 164 valence electrons. The summed E-state index contributed by atoms with van der Waals surface area (Å²) in [5, 5.41) is 1.91. The van der Waals surface area contributed by atoms with E-state index in [1.54, 1.807) is 19.1 Å². The van der Waals surface area contributed by atoms with Crippen LogP contribution in [0.15, 0.2) is 35.5 Å². The van der Waals surface area contributed by atoms with Crippen LogP contribution >= 0.6 is 11.6 Å². The van der Waals surface area contributed by atoms with Crippen LogP contribution in [0.4, 0.5) is 10.1 Å². The Bertz CT molecular complexity index is 1220. The minimum atomic E-state index is -3.71. The molecule has 0 unspecified atom stereocenters. The van der Waals surface area contributed by atoms with Crippen molar-refractivity contribution in [2.75, 3.05) is 12.4 Å². The molecular weight excluding hydrogens is 445 g/mol. The molecule has 2 aliphatic rings. The largest absolute Gasteiger partial charge is 0.369 e. The van der Waals surface area contributed by atoms with Gasteiger partial charge in [-0.05, 0) is 55.5 Å². The molecule has 1 amide bonds. The number of anilines is 1. The van der Waals surface area contributed by atoms with E-state index in [-0.39, 0.29) is 11.0 Å². The van der Waals surface area contributed by atoms with Crippen LogP contribution in [0.5, 0.6) is 0 Å². The second-order valence-corrected chi connectivity index (χ2v) is 10.4. The number of hydrogen-bond acceptors (Lipinski definition) is 6. The molecule has 1 aliphatic carbocycles. The zero-order valence-electron chi connectivity index (χ0n) is 16.9. The van der Waals surface area contributed by atoms with Gasteiger partial charge >= 0.3 is 0 Å². The number of sulfonamides is 1. The van der Waals surface area contributed by atoms with Crippen molar-refractivity contribution in [2.45, 2.75) is 37.0 Å². The first-order chi connectivity index (χ1) is 14.5. The lowest BCUT2D eigenvalue weighted by Crippen LogP contribution is -2.56. The Morgan fingerprint density at radius 1 is 1.39 bits per heavy atom. The molecule has 0 radical (unpaired) electrons. The molecule has 0 spiro atoms. The van der Waals surface area contributed by atoms with Crippen LogP contribution in [0.1, 0.15) is 41.4 Å². The van der Waals surface area contributed by atoms with Gasteiger partial charge in [0.2, 0.25) is 16.0 Å². The first-order valence-electron chi connectivity index (χ1n) is 9.63. The number of halogens is 2. The van der Waals surface area contributed by atoms with E-state index in [1.165, 1.54) is 13.2 Å². The number of hydrogen-bond donors (Lipinski definition) is 2. The van der Waals surface area contributed by atoms with Crippen LogP contribution in [-0.2, 0) is 22.0 Å². The maximum absolute atomic E-state index is 14.1. The zero-order chi connectivity index (χ0) is 22.6. The maximum atomic E-state index is 14.1. The molecule has 2 aromatic rings. The van der Waals surface area contributed by atoms with E-state index >= 15 is 0 Å². The third-order valence-electron chi connectivity index (χ3n) is 5.89. The SMILES string of the molecule is CN1C(N)=N[C@]2(C)c3cc(NC(=O)c4ncc(Cl)cc4F)ccc3CCC[C@@H]2S1(=O)=O. The van der Waals surface area contributed by atoms with E-state index in [0.717, 1.165) is 15.9 Å². The topological polar surface area (TPSA) is 118 Å². The van der Waals surface area contributed by atoms with Crippen molar-refractivity contribution in [3.05, 3.63) is 58.1 Å². The van der Waals surface area contributed by atoms with Gasteiger partial charge in [0.1, 0.15) is 10.8 Å². The number of amides is 1. The second kappa shape index (κ2) is 7.45. The molecule has 0 saturated carbocycles. The average molecular weight is 466 g/mol. The summed E-state index contributed by atoms with van der Waals surface area (Å²) in [5.74, 6) is -1.68. The molecule has 0 fully saturated rings. The number of carbonyl (C=O) groups excluding carboxylic acids is 1. The molecule has 11 heteroatoms. The molecule has 4 rings (SSSR count). The fraction of sp³-hybridized carbons (Fsp3) is 0.350. The second-order valence-electron chi connectivity index (χ2n) is 7.82. The molecule has 1 aromatic heterocycles. The van der Waals surface area contributed by atoms with Crippen LogP contribution < -0.4 is 11.1 Å². The first kappa shape index (κ1) is 21.5. The molecule has 0 saturated heterocycles. The van der Waals surface area contributed by atoms with Crippen LogP contribution in [0.2, 0.25) is 5.02 Å². The number of rotatable bonds is 2. The average Bonchev–Trinajstić information content (AvgIpc) is 2.83. The smallest absolute Gasteiger partial charge is 0.277 e. The van der Waals surface area contributed by atoms with Crippen molar-refractivity contribution in [1.82, 2.24) is 9.29 Å². The zero-order valence-corrected chi connectivity index (χ0v) is 18.5. The summed E-state index contributed by atoms with van der Waals surface area (Å²) >= 11 is 5.69. The van der Waals surface area contributed by atoms with Crippen LogP contribution in [-0.4, -0.2) is 41.9 Å². The van der Waals surface area contributed by atoms with Crippen LogP contribution in [0.3, 0.4) is 0 Å². The third kappa shape index (κ3) is 3.53. The van der Waals surface area contributed by atoms with Crippen molar-refractivity contribution in [2.24, 2.45) is 10.7 Å². The van der Waals surface area contributed by atoms with E-state index < -0.39 is 38.2 Å². The van der Waals surface area contributed by atoms with Crippen molar-refractivity contribution in [3.8, 4) is 0 Å². The predicted octanol–water partition coefficient (Wildman–Crippen LogP) is 2.64. The Morgan fingerprint density at radius 3 is 2.84 bits per heavy atom. The summed E-state index contributed by atoms with van der Waals surface area (Å²) in [6.07, 6.45) is 2.94. The van der Waals surface area contributed by atoms with Gasteiger partial charge in [0, 0.05) is 18.9 Å². The lowest BCUT2D eigenvalue weighted by atomic mass is 9.86. The number of aromatic nitrogens is 1. The number of aryl methyl sites for hydroxylation is 1. The van der Waals surface area contributed by atoms with E-state index in [9.17, 15) is 17.6 Å². The highest BCUT2D eigenvalue weighted by Crippen LogP contribution is 2.44. The van der Waals surface area contributed by atoms with Gasteiger partial charge in [-0.3, -0.25) is 4.79 Å². The van der Waals surface area contributed by atoms with E-state index in [0.29, 0.717) is 30.5 Å². The molecule has 8 nitrogen and oxygen atoms in total. The molecule has 1 aliphatic heterocycles. The molecule has 1 aromatic carbocycles. The predicted molar refractivity (Wildman–Crippen MR) is 116 cm³/mol. The number of fused-ring (bicyclic) bond motifs is 3. The normalized spacial score (nSPS) is 24.5. The van der Waals surface area contributed by atoms with E-state index in [4.69, 9.17) is 17.3 Å². The first-order valence-corrected chi connectivity index (χ1v) is 11.5. The van der Waals surface area contributed by atoms with Crippen molar-refractivity contribution in [3.63, 3.8) is 0 Å². The van der Waals surface area contributed by atoms with Gasteiger partial charge in [0.05, 0.1) is 5.02 Å². The van der Waals surface area contributed by atoms with Crippen LogP contribution in [0, 0.1) is 5.82 Å². The van der Waals surface area contributed by atoms with Gasteiger partial charge in [-0.25, -0.2) is 27.1 Å². The fourth-order valence-corrected chi connectivity index (χ4v) is 6.30. The molecule has 2 heterocycles.